The maximum absolute atomic E-state index is 5.85. The van der Waals surface area contributed by atoms with Crippen molar-refractivity contribution in [3.63, 3.8) is 0 Å². The van der Waals surface area contributed by atoms with Crippen LogP contribution in [-0.4, -0.2) is 37.4 Å². The van der Waals surface area contributed by atoms with E-state index in [1.807, 2.05) is 6.20 Å². The summed E-state index contributed by atoms with van der Waals surface area (Å²) in [5.41, 5.74) is 5.50. The lowest BCUT2D eigenvalue weighted by atomic mass is 10.0. The average molecular weight is 362 g/mol. The highest BCUT2D eigenvalue weighted by molar-refractivity contribution is 5.93. The molecule has 0 N–H and O–H groups in total. The van der Waals surface area contributed by atoms with Crippen molar-refractivity contribution in [3.8, 4) is 16.9 Å². The monoisotopic (exact) mass is 362 g/mol. The van der Waals surface area contributed by atoms with Gasteiger partial charge in [-0.2, -0.15) is 0 Å². The number of nitrogens with zero attached hydrogens (tertiary/aromatic N) is 2. The predicted molar refractivity (Wildman–Crippen MR) is 111 cm³/mol. The number of aryl methyl sites for hydroxylation is 1. The summed E-state index contributed by atoms with van der Waals surface area (Å²) in [6.45, 7) is 8.18. The van der Waals surface area contributed by atoms with Crippen molar-refractivity contribution in [3.05, 3.63) is 54.2 Å². The van der Waals surface area contributed by atoms with Gasteiger partial charge in [0.05, 0.1) is 24.8 Å². The zero-order chi connectivity index (χ0) is 19.0. The van der Waals surface area contributed by atoms with E-state index in [0.29, 0.717) is 0 Å². The summed E-state index contributed by atoms with van der Waals surface area (Å²) in [5, 5.41) is 1.05. The predicted octanol–water partition coefficient (Wildman–Crippen LogP) is 4.83. The Labute approximate surface area is 160 Å². The van der Waals surface area contributed by atoms with Gasteiger partial charge in [0, 0.05) is 35.9 Å². The number of pyridine rings is 1. The van der Waals surface area contributed by atoms with Crippen LogP contribution in [-0.2, 0) is 4.74 Å². The zero-order valence-electron chi connectivity index (χ0n) is 16.4. The van der Waals surface area contributed by atoms with Crippen molar-refractivity contribution in [1.29, 1.82) is 0 Å². The molecular weight excluding hydrogens is 336 g/mol. The van der Waals surface area contributed by atoms with Crippen LogP contribution in [0.4, 0.5) is 5.69 Å². The molecule has 4 rings (SSSR count). The van der Waals surface area contributed by atoms with Crippen LogP contribution in [0.2, 0.25) is 0 Å². The van der Waals surface area contributed by atoms with E-state index in [1.165, 1.54) is 5.69 Å². The van der Waals surface area contributed by atoms with Crippen molar-refractivity contribution < 1.29 is 9.47 Å². The van der Waals surface area contributed by atoms with E-state index in [-0.39, 0.29) is 12.2 Å². The number of ether oxygens (including phenoxy) is 2. The number of hydrogen-bond donors (Lipinski definition) is 0. The second-order valence-electron chi connectivity index (χ2n) is 7.39. The van der Waals surface area contributed by atoms with E-state index in [9.17, 15) is 0 Å². The molecule has 4 heteroatoms. The van der Waals surface area contributed by atoms with Crippen LogP contribution in [0.25, 0.3) is 22.0 Å². The summed E-state index contributed by atoms with van der Waals surface area (Å²) in [7, 11) is 1.73. The van der Waals surface area contributed by atoms with Gasteiger partial charge in [-0.15, -0.1) is 0 Å². The van der Waals surface area contributed by atoms with E-state index in [2.05, 4.69) is 68.1 Å². The molecule has 0 amide bonds. The molecule has 27 heavy (non-hydrogen) atoms. The Morgan fingerprint density at radius 1 is 1.04 bits per heavy atom. The molecule has 1 fully saturated rings. The minimum Gasteiger partial charge on any atom is -0.495 e. The summed E-state index contributed by atoms with van der Waals surface area (Å²) in [6, 6.07) is 14.9. The van der Waals surface area contributed by atoms with Gasteiger partial charge in [-0.05, 0) is 50.1 Å². The van der Waals surface area contributed by atoms with E-state index >= 15 is 0 Å². The number of rotatable bonds is 3. The van der Waals surface area contributed by atoms with Gasteiger partial charge < -0.3 is 14.4 Å². The van der Waals surface area contributed by atoms with E-state index in [1.54, 1.807) is 7.11 Å². The second kappa shape index (κ2) is 7.20. The first-order chi connectivity index (χ1) is 13.1. The van der Waals surface area contributed by atoms with Gasteiger partial charge in [0.25, 0.3) is 0 Å². The smallest absolute Gasteiger partial charge is 0.137 e. The highest BCUT2D eigenvalue weighted by Crippen LogP contribution is 2.37. The van der Waals surface area contributed by atoms with Crippen LogP contribution in [0.3, 0.4) is 0 Å². The quantitative estimate of drug-likeness (QED) is 0.668. The maximum atomic E-state index is 5.85. The first-order valence-corrected chi connectivity index (χ1v) is 9.50. The standard InChI is InChI=1S/C23H26N2O2/c1-15-6-5-7-20-22(15)24-12-21(23(20)26-4)18-8-10-19(11-9-18)25-13-16(2)27-17(3)14-25/h5-12,16-17H,13-14H2,1-4H3/t16-,17+. The van der Waals surface area contributed by atoms with Gasteiger partial charge in [-0.3, -0.25) is 4.98 Å². The number of para-hydroxylation sites is 1. The third-order valence-electron chi connectivity index (χ3n) is 5.22. The maximum Gasteiger partial charge on any atom is 0.137 e. The molecule has 0 unspecified atom stereocenters. The SMILES string of the molecule is COc1c(-c2ccc(N3C[C@@H](C)O[C@@H](C)C3)cc2)cnc2c(C)cccc12. The Balaban J connectivity index is 1.70. The van der Waals surface area contributed by atoms with Gasteiger partial charge in [-0.1, -0.05) is 24.3 Å². The van der Waals surface area contributed by atoms with Crippen LogP contribution in [0.15, 0.2) is 48.7 Å². The Morgan fingerprint density at radius 2 is 1.74 bits per heavy atom. The Bertz CT molecular complexity index is 942. The number of methoxy groups -OCH3 is 1. The minimum absolute atomic E-state index is 0.251. The molecule has 0 radical (unpaired) electrons. The fourth-order valence-electron chi connectivity index (χ4n) is 4.01. The van der Waals surface area contributed by atoms with Crippen molar-refractivity contribution >= 4 is 16.6 Å². The lowest BCUT2D eigenvalue weighted by Crippen LogP contribution is -2.45. The highest BCUT2D eigenvalue weighted by atomic mass is 16.5. The second-order valence-corrected chi connectivity index (χ2v) is 7.39. The molecule has 2 atom stereocenters. The first-order valence-electron chi connectivity index (χ1n) is 9.50. The molecule has 1 aromatic heterocycles. The van der Waals surface area contributed by atoms with Gasteiger partial charge >= 0.3 is 0 Å². The lowest BCUT2D eigenvalue weighted by molar-refractivity contribution is -0.00521. The molecule has 3 aromatic rings. The molecule has 1 aliphatic rings. The van der Waals surface area contributed by atoms with Gasteiger partial charge in [-0.25, -0.2) is 0 Å². The van der Waals surface area contributed by atoms with E-state index in [0.717, 1.165) is 46.4 Å². The van der Waals surface area contributed by atoms with Crippen molar-refractivity contribution in [1.82, 2.24) is 4.98 Å². The van der Waals surface area contributed by atoms with Gasteiger partial charge in [0.1, 0.15) is 5.75 Å². The third-order valence-corrected chi connectivity index (χ3v) is 5.22. The Kier molecular flexibility index (Phi) is 4.75. The van der Waals surface area contributed by atoms with Crippen LogP contribution in [0, 0.1) is 6.92 Å². The molecule has 0 bridgehead atoms. The minimum atomic E-state index is 0.251. The molecular formula is C23H26N2O2. The highest BCUT2D eigenvalue weighted by Gasteiger charge is 2.22. The van der Waals surface area contributed by atoms with Gasteiger partial charge in [0.2, 0.25) is 0 Å². The number of aromatic nitrogens is 1. The number of anilines is 1. The Hall–Kier alpha value is -2.59. The average Bonchev–Trinajstić information content (AvgIpc) is 2.67. The summed E-state index contributed by atoms with van der Waals surface area (Å²) < 4.78 is 11.6. The molecule has 1 aliphatic heterocycles. The lowest BCUT2D eigenvalue weighted by Gasteiger charge is -2.36. The van der Waals surface area contributed by atoms with Crippen LogP contribution in [0.1, 0.15) is 19.4 Å². The van der Waals surface area contributed by atoms with Crippen LogP contribution < -0.4 is 9.64 Å². The first kappa shape index (κ1) is 17.8. The zero-order valence-corrected chi connectivity index (χ0v) is 16.4. The summed E-state index contributed by atoms with van der Waals surface area (Å²) >= 11 is 0. The molecule has 0 saturated carbocycles. The summed E-state index contributed by atoms with van der Waals surface area (Å²) in [6.07, 6.45) is 2.42. The normalized spacial score (nSPS) is 20.1. The number of fused-ring (bicyclic) bond motifs is 1. The Morgan fingerprint density at radius 3 is 2.41 bits per heavy atom. The van der Waals surface area contributed by atoms with E-state index in [4.69, 9.17) is 14.5 Å². The van der Waals surface area contributed by atoms with Gasteiger partial charge in [0.15, 0.2) is 0 Å². The molecule has 0 aliphatic carbocycles. The molecule has 140 valence electrons. The largest absolute Gasteiger partial charge is 0.495 e. The third kappa shape index (κ3) is 3.37. The number of hydrogen-bond acceptors (Lipinski definition) is 4. The summed E-state index contributed by atoms with van der Waals surface area (Å²) in [5.74, 6) is 0.880. The topological polar surface area (TPSA) is 34.6 Å². The molecule has 4 nitrogen and oxygen atoms in total. The molecule has 1 saturated heterocycles. The summed E-state index contributed by atoms with van der Waals surface area (Å²) in [4.78, 5) is 7.08. The molecule has 2 aromatic carbocycles. The van der Waals surface area contributed by atoms with Crippen molar-refractivity contribution in [2.24, 2.45) is 0 Å². The molecule has 0 spiro atoms. The van der Waals surface area contributed by atoms with E-state index < -0.39 is 0 Å². The van der Waals surface area contributed by atoms with Crippen LogP contribution in [0.5, 0.6) is 5.75 Å². The number of morpholine rings is 1. The van der Waals surface area contributed by atoms with Crippen LogP contribution >= 0.6 is 0 Å². The fraction of sp³-hybridized carbons (Fsp3) is 0.348. The molecule has 2 heterocycles. The number of benzene rings is 2. The van der Waals surface area contributed by atoms with Crippen molar-refractivity contribution in [2.45, 2.75) is 33.0 Å². The fourth-order valence-corrected chi connectivity index (χ4v) is 4.01. The van der Waals surface area contributed by atoms with Crippen molar-refractivity contribution in [2.75, 3.05) is 25.1 Å².